The smallest absolute Gasteiger partial charge is 0.189 e. The SMILES string of the molecule is Cc1ccc(Nc2nc(Cl)c(/C=N/NC(=S)NC[C@H]3CCCO3)s2)cc1. The minimum atomic E-state index is 0.227. The lowest BCUT2D eigenvalue weighted by atomic mass is 10.2. The van der Waals surface area contributed by atoms with E-state index in [1.807, 2.05) is 31.2 Å². The predicted molar refractivity (Wildman–Crippen MR) is 112 cm³/mol. The summed E-state index contributed by atoms with van der Waals surface area (Å²) in [6, 6.07) is 8.07. The number of hydrazone groups is 1. The lowest BCUT2D eigenvalue weighted by molar-refractivity contribution is 0.114. The van der Waals surface area contributed by atoms with Crippen LogP contribution in [0.15, 0.2) is 29.4 Å². The van der Waals surface area contributed by atoms with E-state index in [1.165, 1.54) is 16.9 Å². The number of nitrogens with one attached hydrogen (secondary N) is 3. The molecule has 6 nitrogen and oxygen atoms in total. The van der Waals surface area contributed by atoms with Crippen molar-refractivity contribution in [1.82, 2.24) is 15.7 Å². The van der Waals surface area contributed by atoms with Crippen LogP contribution in [0.5, 0.6) is 0 Å². The zero-order chi connectivity index (χ0) is 18.4. The average Bonchev–Trinajstić information content (AvgIpc) is 3.25. The zero-order valence-electron chi connectivity index (χ0n) is 14.3. The molecule has 2 aromatic rings. The summed E-state index contributed by atoms with van der Waals surface area (Å²) in [5.74, 6) is 0. The Morgan fingerprint density at radius 1 is 1.46 bits per heavy atom. The van der Waals surface area contributed by atoms with Crippen LogP contribution in [0.2, 0.25) is 5.15 Å². The number of nitrogens with zero attached hydrogens (tertiary/aromatic N) is 2. The van der Waals surface area contributed by atoms with Gasteiger partial charge in [-0.3, -0.25) is 5.43 Å². The lowest BCUT2D eigenvalue weighted by Gasteiger charge is -2.11. The molecule has 2 heterocycles. The molecular formula is C17H20ClN5OS2. The van der Waals surface area contributed by atoms with Crippen LogP contribution in [0.4, 0.5) is 10.8 Å². The summed E-state index contributed by atoms with van der Waals surface area (Å²) in [6.45, 7) is 3.56. The van der Waals surface area contributed by atoms with Gasteiger partial charge in [0.15, 0.2) is 15.4 Å². The Morgan fingerprint density at radius 2 is 2.27 bits per heavy atom. The molecule has 0 spiro atoms. The number of benzene rings is 1. The molecule has 0 aliphatic carbocycles. The van der Waals surface area contributed by atoms with Crippen LogP contribution in [0.3, 0.4) is 0 Å². The quantitative estimate of drug-likeness (QED) is 0.382. The lowest BCUT2D eigenvalue weighted by Crippen LogP contribution is -2.37. The van der Waals surface area contributed by atoms with Gasteiger partial charge in [0.25, 0.3) is 0 Å². The topological polar surface area (TPSA) is 70.6 Å². The molecule has 0 saturated carbocycles. The molecule has 0 bridgehead atoms. The first-order valence-corrected chi connectivity index (χ1v) is 9.89. The first kappa shape index (κ1) is 19.0. The van der Waals surface area contributed by atoms with E-state index in [2.05, 4.69) is 26.1 Å². The van der Waals surface area contributed by atoms with E-state index in [0.29, 0.717) is 21.9 Å². The van der Waals surface area contributed by atoms with Crippen molar-refractivity contribution in [2.24, 2.45) is 5.10 Å². The fraction of sp³-hybridized carbons (Fsp3) is 0.353. The van der Waals surface area contributed by atoms with Crippen molar-refractivity contribution in [1.29, 1.82) is 0 Å². The molecule has 3 N–H and O–H groups in total. The van der Waals surface area contributed by atoms with Crippen LogP contribution in [0.25, 0.3) is 0 Å². The van der Waals surface area contributed by atoms with Gasteiger partial charge in [0.1, 0.15) is 0 Å². The largest absolute Gasteiger partial charge is 0.376 e. The van der Waals surface area contributed by atoms with Crippen molar-refractivity contribution in [2.45, 2.75) is 25.9 Å². The number of rotatable bonds is 6. The van der Waals surface area contributed by atoms with E-state index in [0.717, 1.165) is 30.0 Å². The highest BCUT2D eigenvalue weighted by atomic mass is 35.5. The molecular weight excluding hydrogens is 390 g/mol. The highest BCUT2D eigenvalue weighted by Gasteiger charge is 2.15. The number of halogens is 1. The van der Waals surface area contributed by atoms with E-state index >= 15 is 0 Å². The Morgan fingerprint density at radius 3 is 3.00 bits per heavy atom. The normalized spacial score (nSPS) is 16.8. The Hall–Kier alpha value is -1.74. The second kappa shape index (κ2) is 9.27. The highest BCUT2D eigenvalue weighted by molar-refractivity contribution is 7.80. The van der Waals surface area contributed by atoms with E-state index in [4.69, 9.17) is 28.6 Å². The molecule has 3 rings (SSSR count). The van der Waals surface area contributed by atoms with Crippen LogP contribution in [0, 0.1) is 6.92 Å². The number of anilines is 2. The number of ether oxygens (including phenoxy) is 1. The molecule has 1 aromatic carbocycles. The van der Waals surface area contributed by atoms with Gasteiger partial charge in [0.05, 0.1) is 17.2 Å². The molecule has 1 aliphatic rings. The van der Waals surface area contributed by atoms with Crippen LogP contribution >= 0.6 is 35.2 Å². The van der Waals surface area contributed by atoms with E-state index in [-0.39, 0.29) is 6.10 Å². The Bertz CT molecular complexity index is 772. The Labute approximate surface area is 167 Å². The number of thiazole rings is 1. The second-order valence-electron chi connectivity index (χ2n) is 5.88. The molecule has 0 unspecified atom stereocenters. The standard InChI is InChI=1S/C17H20ClN5OS2/c1-11-4-6-12(7-5-11)21-17-22-15(18)14(26-17)10-20-23-16(25)19-9-13-3-2-8-24-13/h4-7,10,13H,2-3,8-9H2,1H3,(H,21,22)(H2,19,23,25)/b20-10+/t13-/m1/s1. The fourth-order valence-electron chi connectivity index (χ4n) is 2.41. The number of thiocarbonyl (C=S) groups is 1. The van der Waals surface area contributed by atoms with Gasteiger partial charge >= 0.3 is 0 Å². The maximum Gasteiger partial charge on any atom is 0.189 e. The van der Waals surface area contributed by atoms with E-state index < -0.39 is 0 Å². The van der Waals surface area contributed by atoms with E-state index in [9.17, 15) is 0 Å². The maximum atomic E-state index is 6.17. The third-order valence-electron chi connectivity index (χ3n) is 3.77. The van der Waals surface area contributed by atoms with Crippen molar-refractivity contribution in [3.63, 3.8) is 0 Å². The van der Waals surface area contributed by atoms with Gasteiger partial charge in [-0.1, -0.05) is 40.6 Å². The zero-order valence-corrected chi connectivity index (χ0v) is 16.7. The summed E-state index contributed by atoms with van der Waals surface area (Å²) >= 11 is 12.8. The van der Waals surface area contributed by atoms with Gasteiger partial charge in [0, 0.05) is 18.8 Å². The van der Waals surface area contributed by atoms with Crippen molar-refractivity contribution >= 4 is 57.3 Å². The number of hydrogen-bond acceptors (Lipinski definition) is 6. The van der Waals surface area contributed by atoms with Crippen molar-refractivity contribution in [3.8, 4) is 0 Å². The van der Waals surface area contributed by atoms with Gasteiger partial charge in [-0.05, 0) is 44.1 Å². The van der Waals surface area contributed by atoms with Crippen molar-refractivity contribution in [3.05, 3.63) is 39.9 Å². The Kier molecular flexibility index (Phi) is 6.79. The first-order valence-electron chi connectivity index (χ1n) is 8.28. The molecule has 138 valence electrons. The third kappa shape index (κ3) is 5.63. The molecule has 9 heteroatoms. The minimum absolute atomic E-state index is 0.227. The summed E-state index contributed by atoms with van der Waals surface area (Å²) in [4.78, 5) is 5.05. The second-order valence-corrected chi connectivity index (χ2v) is 7.68. The van der Waals surface area contributed by atoms with Crippen LogP contribution in [-0.2, 0) is 4.74 Å². The molecule has 1 saturated heterocycles. The summed E-state index contributed by atoms with van der Waals surface area (Å²) in [6.07, 6.45) is 4.00. The summed E-state index contributed by atoms with van der Waals surface area (Å²) in [5.41, 5.74) is 4.95. The number of aryl methyl sites for hydroxylation is 1. The minimum Gasteiger partial charge on any atom is -0.376 e. The molecule has 1 aromatic heterocycles. The van der Waals surface area contributed by atoms with Gasteiger partial charge in [-0.25, -0.2) is 4.98 Å². The van der Waals surface area contributed by atoms with Crippen LogP contribution in [0.1, 0.15) is 23.3 Å². The third-order valence-corrected chi connectivity index (χ3v) is 5.32. The van der Waals surface area contributed by atoms with Gasteiger partial charge in [-0.15, -0.1) is 0 Å². The monoisotopic (exact) mass is 409 g/mol. The molecule has 1 fully saturated rings. The fourth-order valence-corrected chi connectivity index (χ4v) is 3.59. The van der Waals surface area contributed by atoms with Crippen LogP contribution < -0.4 is 16.1 Å². The van der Waals surface area contributed by atoms with Gasteiger partial charge < -0.3 is 15.4 Å². The van der Waals surface area contributed by atoms with Crippen molar-refractivity contribution < 1.29 is 4.74 Å². The summed E-state index contributed by atoms with van der Waals surface area (Å²) in [7, 11) is 0. The molecule has 0 amide bonds. The van der Waals surface area contributed by atoms with Gasteiger partial charge in [-0.2, -0.15) is 5.10 Å². The molecule has 1 aliphatic heterocycles. The summed E-state index contributed by atoms with van der Waals surface area (Å²) in [5, 5.41) is 12.0. The molecule has 0 radical (unpaired) electrons. The number of aromatic nitrogens is 1. The van der Waals surface area contributed by atoms with Crippen molar-refractivity contribution in [2.75, 3.05) is 18.5 Å². The summed E-state index contributed by atoms with van der Waals surface area (Å²) < 4.78 is 5.53. The molecule has 26 heavy (non-hydrogen) atoms. The predicted octanol–water partition coefficient (Wildman–Crippen LogP) is 3.83. The highest BCUT2D eigenvalue weighted by Crippen LogP contribution is 2.28. The number of hydrogen-bond donors (Lipinski definition) is 3. The Balaban J connectivity index is 1.49. The molecule has 1 atom stereocenters. The maximum absolute atomic E-state index is 6.17. The van der Waals surface area contributed by atoms with E-state index in [1.54, 1.807) is 6.21 Å². The van der Waals surface area contributed by atoms with Gasteiger partial charge in [0.2, 0.25) is 0 Å². The van der Waals surface area contributed by atoms with Crippen LogP contribution in [-0.4, -0.2) is 35.6 Å². The first-order chi connectivity index (χ1) is 12.6. The average molecular weight is 410 g/mol.